The highest BCUT2D eigenvalue weighted by molar-refractivity contribution is 9.10. The molecule has 0 fully saturated rings. The molecule has 114 valence electrons. The molecule has 1 aromatic heterocycles. The molecule has 1 unspecified atom stereocenters. The Morgan fingerprint density at radius 3 is 2.48 bits per heavy atom. The zero-order chi connectivity index (χ0) is 15.3. The highest BCUT2D eigenvalue weighted by Crippen LogP contribution is 2.22. The van der Waals surface area contributed by atoms with Crippen molar-refractivity contribution in [3.63, 3.8) is 0 Å². The largest absolute Gasteiger partial charge is 0.469 e. The lowest BCUT2D eigenvalue weighted by Gasteiger charge is -2.25. The third-order valence-corrected chi connectivity index (χ3v) is 4.23. The number of rotatable bonds is 6. The molecule has 0 saturated carbocycles. The van der Waals surface area contributed by atoms with E-state index >= 15 is 0 Å². The summed E-state index contributed by atoms with van der Waals surface area (Å²) >= 11 is 3.65. The first kappa shape index (κ1) is 16.3. The van der Waals surface area contributed by atoms with E-state index in [1.165, 1.54) is 10.0 Å². The van der Waals surface area contributed by atoms with Gasteiger partial charge in [-0.1, -0.05) is 34.1 Å². The number of nitrogens with one attached hydrogen (secondary N) is 1. The van der Waals surface area contributed by atoms with E-state index in [2.05, 4.69) is 72.3 Å². The average molecular weight is 350 g/mol. The number of hydrogen-bond donors (Lipinski definition) is 1. The second-order valence-electron chi connectivity index (χ2n) is 6.58. The van der Waals surface area contributed by atoms with Gasteiger partial charge < -0.3 is 9.73 Å². The molecule has 1 heterocycles. The SMILES string of the molecule is CC(C)(C)NCC(Cc1ccco1)Cc1ccccc1Br. The maximum atomic E-state index is 5.52. The molecule has 3 heteroatoms. The van der Waals surface area contributed by atoms with Crippen LogP contribution in [-0.2, 0) is 12.8 Å². The fourth-order valence-electron chi connectivity index (χ4n) is 2.36. The number of hydrogen-bond acceptors (Lipinski definition) is 2. The fourth-order valence-corrected chi connectivity index (χ4v) is 2.80. The zero-order valence-electron chi connectivity index (χ0n) is 13.0. The summed E-state index contributed by atoms with van der Waals surface area (Å²) in [6, 6.07) is 12.5. The van der Waals surface area contributed by atoms with Gasteiger partial charge in [0.2, 0.25) is 0 Å². The maximum absolute atomic E-state index is 5.52. The first-order chi connectivity index (χ1) is 9.94. The Kier molecular flexibility index (Phi) is 5.65. The Bertz CT molecular complexity index is 543. The van der Waals surface area contributed by atoms with Gasteiger partial charge in [-0.15, -0.1) is 0 Å². The second-order valence-corrected chi connectivity index (χ2v) is 7.43. The second kappa shape index (κ2) is 7.28. The van der Waals surface area contributed by atoms with Crippen LogP contribution in [0.4, 0.5) is 0 Å². The van der Waals surface area contributed by atoms with Gasteiger partial charge in [0, 0.05) is 16.4 Å². The molecular formula is C18H24BrNO. The fraction of sp³-hybridized carbons (Fsp3) is 0.444. The third kappa shape index (κ3) is 5.68. The summed E-state index contributed by atoms with van der Waals surface area (Å²) < 4.78 is 6.71. The lowest BCUT2D eigenvalue weighted by atomic mass is 9.94. The van der Waals surface area contributed by atoms with E-state index in [4.69, 9.17) is 4.42 Å². The molecular weight excluding hydrogens is 326 g/mol. The molecule has 2 nitrogen and oxygen atoms in total. The van der Waals surface area contributed by atoms with E-state index < -0.39 is 0 Å². The Morgan fingerprint density at radius 1 is 1.10 bits per heavy atom. The van der Waals surface area contributed by atoms with Crippen LogP contribution in [-0.4, -0.2) is 12.1 Å². The summed E-state index contributed by atoms with van der Waals surface area (Å²) in [4.78, 5) is 0. The molecule has 1 atom stereocenters. The quantitative estimate of drug-likeness (QED) is 0.807. The van der Waals surface area contributed by atoms with Crippen LogP contribution in [0.5, 0.6) is 0 Å². The van der Waals surface area contributed by atoms with Gasteiger partial charge in [0.25, 0.3) is 0 Å². The van der Waals surface area contributed by atoms with Crippen LogP contribution in [0.3, 0.4) is 0 Å². The molecule has 0 aliphatic rings. The molecule has 0 amide bonds. The van der Waals surface area contributed by atoms with Gasteiger partial charge in [-0.2, -0.15) is 0 Å². The summed E-state index contributed by atoms with van der Waals surface area (Å²) in [6.45, 7) is 7.59. The van der Waals surface area contributed by atoms with Crippen molar-refractivity contribution in [1.82, 2.24) is 5.32 Å². The molecule has 1 aromatic carbocycles. The standard InChI is InChI=1S/C18H24BrNO/c1-18(2,3)20-13-14(12-16-8-6-10-21-16)11-15-7-4-5-9-17(15)19/h4-10,14,20H,11-13H2,1-3H3. The third-order valence-electron chi connectivity index (χ3n) is 3.46. The predicted octanol–water partition coefficient (Wildman–Crippen LogP) is 4.83. The molecule has 2 rings (SSSR count). The molecule has 0 spiro atoms. The first-order valence-electron chi connectivity index (χ1n) is 7.45. The molecule has 0 aliphatic carbocycles. The maximum Gasteiger partial charge on any atom is 0.104 e. The number of halogens is 1. The first-order valence-corrected chi connectivity index (χ1v) is 8.24. The average Bonchev–Trinajstić information content (AvgIpc) is 2.90. The number of benzene rings is 1. The van der Waals surface area contributed by atoms with Crippen molar-refractivity contribution in [1.29, 1.82) is 0 Å². The molecule has 2 aromatic rings. The van der Waals surface area contributed by atoms with Crippen molar-refractivity contribution in [3.05, 3.63) is 58.5 Å². The minimum atomic E-state index is 0.134. The van der Waals surface area contributed by atoms with Gasteiger partial charge in [-0.3, -0.25) is 0 Å². The van der Waals surface area contributed by atoms with Crippen LogP contribution in [0.1, 0.15) is 32.1 Å². The minimum absolute atomic E-state index is 0.134. The van der Waals surface area contributed by atoms with Crippen LogP contribution >= 0.6 is 15.9 Å². The van der Waals surface area contributed by atoms with Crippen LogP contribution in [0, 0.1) is 5.92 Å². The molecule has 0 saturated heterocycles. The van der Waals surface area contributed by atoms with Crippen LogP contribution in [0.15, 0.2) is 51.6 Å². The smallest absolute Gasteiger partial charge is 0.104 e. The Hall–Kier alpha value is -1.06. The van der Waals surface area contributed by atoms with Crippen molar-refractivity contribution in [2.45, 2.75) is 39.2 Å². The summed E-state index contributed by atoms with van der Waals surface area (Å²) in [5.41, 5.74) is 1.49. The van der Waals surface area contributed by atoms with Gasteiger partial charge in [0.15, 0.2) is 0 Å². The van der Waals surface area contributed by atoms with Gasteiger partial charge >= 0.3 is 0 Å². The van der Waals surface area contributed by atoms with Gasteiger partial charge in [0.1, 0.15) is 5.76 Å². The van der Waals surface area contributed by atoms with Crippen molar-refractivity contribution >= 4 is 15.9 Å². The van der Waals surface area contributed by atoms with E-state index in [-0.39, 0.29) is 5.54 Å². The van der Waals surface area contributed by atoms with Gasteiger partial charge in [0.05, 0.1) is 6.26 Å². The van der Waals surface area contributed by atoms with E-state index in [9.17, 15) is 0 Å². The molecule has 1 N–H and O–H groups in total. The molecule has 21 heavy (non-hydrogen) atoms. The van der Waals surface area contributed by atoms with E-state index in [0.717, 1.165) is 25.1 Å². The van der Waals surface area contributed by atoms with Gasteiger partial charge in [-0.25, -0.2) is 0 Å². The molecule has 0 aliphatic heterocycles. The Morgan fingerprint density at radius 2 is 1.86 bits per heavy atom. The van der Waals surface area contributed by atoms with Crippen molar-refractivity contribution in [2.24, 2.45) is 5.92 Å². The van der Waals surface area contributed by atoms with Crippen molar-refractivity contribution in [3.8, 4) is 0 Å². The van der Waals surface area contributed by atoms with Crippen LogP contribution in [0.2, 0.25) is 0 Å². The van der Waals surface area contributed by atoms with Gasteiger partial charge in [-0.05, 0) is 63.4 Å². The van der Waals surface area contributed by atoms with Crippen molar-refractivity contribution in [2.75, 3.05) is 6.54 Å². The molecule has 0 bridgehead atoms. The zero-order valence-corrected chi connectivity index (χ0v) is 14.6. The summed E-state index contributed by atoms with van der Waals surface area (Å²) in [5, 5.41) is 3.62. The van der Waals surface area contributed by atoms with Crippen molar-refractivity contribution < 1.29 is 4.42 Å². The predicted molar refractivity (Wildman–Crippen MR) is 91.5 cm³/mol. The van der Waals surface area contributed by atoms with E-state index in [1.807, 2.05) is 6.07 Å². The summed E-state index contributed by atoms with van der Waals surface area (Å²) in [5.74, 6) is 1.57. The summed E-state index contributed by atoms with van der Waals surface area (Å²) in [6.07, 6.45) is 3.74. The number of furan rings is 1. The Balaban J connectivity index is 2.06. The monoisotopic (exact) mass is 349 g/mol. The van der Waals surface area contributed by atoms with E-state index in [0.29, 0.717) is 5.92 Å². The van der Waals surface area contributed by atoms with E-state index in [1.54, 1.807) is 6.26 Å². The topological polar surface area (TPSA) is 25.2 Å². The molecule has 0 radical (unpaired) electrons. The highest BCUT2D eigenvalue weighted by Gasteiger charge is 2.17. The lowest BCUT2D eigenvalue weighted by molar-refractivity contribution is 0.351. The highest BCUT2D eigenvalue weighted by atomic mass is 79.9. The lowest BCUT2D eigenvalue weighted by Crippen LogP contribution is -2.40. The van der Waals surface area contributed by atoms with Crippen LogP contribution < -0.4 is 5.32 Å². The van der Waals surface area contributed by atoms with Crippen LogP contribution in [0.25, 0.3) is 0 Å². The normalized spacial score (nSPS) is 13.3. The summed E-state index contributed by atoms with van der Waals surface area (Å²) in [7, 11) is 0. The minimum Gasteiger partial charge on any atom is -0.469 e. The Labute approximate surface area is 136 Å².